The van der Waals surface area contributed by atoms with Crippen LogP contribution in [0.3, 0.4) is 0 Å². The average Bonchev–Trinajstić information content (AvgIpc) is 3.08. The van der Waals surface area contributed by atoms with Crippen molar-refractivity contribution in [2.75, 3.05) is 47.4 Å². The number of carbonyl (C=O) groups is 1. The minimum absolute atomic E-state index is 0.0670. The lowest BCUT2D eigenvalue weighted by Gasteiger charge is -2.34. The molecule has 8 nitrogen and oxygen atoms in total. The highest BCUT2D eigenvalue weighted by atomic mass is 16.2. The second-order valence-corrected chi connectivity index (χ2v) is 6.62. The van der Waals surface area contributed by atoms with Gasteiger partial charge in [-0.3, -0.25) is 9.48 Å². The minimum Gasteiger partial charge on any atom is -0.356 e. The molecule has 0 aromatic carbocycles. The number of nitrogens with zero attached hydrogens (tertiary/aromatic N) is 7. The highest BCUT2D eigenvalue weighted by Crippen LogP contribution is 2.23. The first kappa shape index (κ1) is 15.9. The van der Waals surface area contributed by atoms with Gasteiger partial charge in [-0.05, 0) is 19.3 Å². The lowest BCUT2D eigenvalue weighted by Crippen LogP contribution is -2.50. The van der Waals surface area contributed by atoms with Crippen LogP contribution in [-0.2, 0) is 11.8 Å². The Balaban J connectivity index is 1.47. The molecule has 4 rings (SSSR count). The van der Waals surface area contributed by atoms with Gasteiger partial charge >= 0.3 is 0 Å². The van der Waals surface area contributed by atoms with Gasteiger partial charge in [-0.25, -0.2) is 9.97 Å². The second-order valence-electron chi connectivity index (χ2n) is 6.62. The van der Waals surface area contributed by atoms with Gasteiger partial charge in [0.15, 0.2) is 0 Å². The molecule has 2 aromatic rings. The molecule has 2 aromatic heterocycles. The van der Waals surface area contributed by atoms with E-state index in [1.54, 1.807) is 22.1 Å². The third-order valence-electron chi connectivity index (χ3n) is 4.87. The second kappa shape index (κ2) is 6.70. The van der Waals surface area contributed by atoms with E-state index in [1.807, 2.05) is 24.2 Å². The normalized spacial score (nSPS) is 18.8. The molecule has 0 N–H and O–H groups in total. The zero-order valence-corrected chi connectivity index (χ0v) is 14.5. The van der Waals surface area contributed by atoms with Crippen molar-refractivity contribution >= 4 is 23.2 Å². The molecule has 0 saturated carbocycles. The summed E-state index contributed by atoms with van der Waals surface area (Å²) in [5.74, 6) is 1.86. The quantitative estimate of drug-likeness (QED) is 0.831. The fourth-order valence-electron chi connectivity index (χ4n) is 3.50. The summed E-state index contributed by atoms with van der Waals surface area (Å²) in [5.41, 5.74) is 0.851. The van der Waals surface area contributed by atoms with Crippen molar-refractivity contribution in [3.05, 3.63) is 24.8 Å². The predicted octanol–water partition coefficient (Wildman–Crippen LogP) is 1.05. The van der Waals surface area contributed by atoms with E-state index in [0.717, 1.165) is 37.0 Å². The van der Waals surface area contributed by atoms with E-state index < -0.39 is 0 Å². The summed E-state index contributed by atoms with van der Waals surface area (Å²) in [6.45, 7) is 3.80. The van der Waals surface area contributed by atoms with Gasteiger partial charge in [0.1, 0.15) is 18.0 Å². The monoisotopic (exact) mass is 341 g/mol. The standard InChI is InChI=1S/C17H23N7O/c1-21-11-14(10-20-21)24-8-7-23(12-17(24)25)16-9-15(18-13-19-16)22-5-3-2-4-6-22/h9-11,13H,2-8,12H2,1H3. The number of hydrogen-bond donors (Lipinski definition) is 0. The largest absolute Gasteiger partial charge is 0.356 e. The Bertz CT molecular complexity index is 753. The first-order chi connectivity index (χ1) is 12.2. The third kappa shape index (κ3) is 3.29. The maximum absolute atomic E-state index is 12.6. The highest BCUT2D eigenvalue weighted by molar-refractivity contribution is 5.97. The van der Waals surface area contributed by atoms with Crippen molar-refractivity contribution in [1.29, 1.82) is 0 Å². The van der Waals surface area contributed by atoms with Gasteiger partial charge in [-0.1, -0.05) is 0 Å². The van der Waals surface area contributed by atoms with E-state index in [1.165, 1.54) is 19.3 Å². The fourth-order valence-corrected chi connectivity index (χ4v) is 3.50. The molecule has 0 atom stereocenters. The van der Waals surface area contributed by atoms with Gasteiger partial charge in [0.25, 0.3) is 0 Å². The maximum atomic E-state index is 12.6. The molecule has 8 heteroatoms. The molecule has 0 unspecified atom stereocenters. The van der Waals surface area contributed by atoms with E-state index >= 15 is 0 Å². The lowest BCUT2D eigenvalue weighted by molar-refractivity contribution is -0.117. The van der Waals surface area contributed by atoms with Crippen LogP contribution in [0.2, 0.25) is 0 Å². The Labute approximate surface area is 147 Å². The Morgan fingerprint density at radius 3 is 2.40 bits per heavy atom. The molecular formula is C17H23N7O. The van der Waals surface area contributed by atoms with Crippen molar-refractivity contribution in [3.63, 3.8) is 0 Å². The highest BCUT2D eigenvalue weighted by Gasteiger charge is 2.27. The van der Waals surface area contributed by atoms with E-state index in [2.05, 4.69) is 20.0 Å². The van der Waals surface area contributed by atoms with Gasteiger partial charge in [0.05, 0.1) is 18.4 Å². The zero-order valence-electron chi connectivity index (χ0n) is 14.5. The lowest BCUT2D eigenvalue weighted by atomic mass is 10.1. The summed E-state index contributed by atoms with van der Waals surface area (Å²) in [6.07, 6.45) is 8.92. The molecule has 0 spiro atoms. The molecule has 25 heavy (non-hydrogen) atoms. The summed E-state index contributed by atoms with van der Waals surface area (Å²) < 4.78 is 1.71. The number of aromatic nitrogens is 4. The Hall–Kier alpha value is -2.64. The van der Waals surface area contributed by atoms with Gasteiger partial charge in [0, 0.05) is 45.5 Å². The summed E-state index contributed by atoms with van der Waals surface area (Å²) >= 11 is 0. The summed E-state index contributed by atoms with van der Waals surface area (Å²) in [7, 11) is 1.85. The topological polar surface area (TPSA) is 70.4 Å². The number of hydrogen-bond acceptors (Lipinski definition) is 6. The van der Waals surface area contributed by atoms with Crippen LogP contribution in [0, 0.1) is 0 Å². The molecule has 0 radical (unpaired) electrons. The Morgan fingerprint density at radius 1 is 0.960 bits per heavy atom. The summed E-state index contributed by atoms with van der Waals surface area (Å²) in [5, 5.41) is 4.15. The molecule has 2 fully saturated rings. The van der Waals surface area contributed by atoms with Crippen molar-refractivity contribution in [2.45, 2.75) is 19.3 Å². The van der Waals surface area contributed by atoms with Crippen LogP contribution in [0.1, 0.15) is 19.3 Å². The van der Waals surface area contributed by atoms with Crippen molar-refractivity contribution < 1.29 is 4.79 Å². The molecule has 2 aliphatic heterocycles. The van der Waals surface area contributed by atoms with E-state index in [4.69, 9.17) is 0 Å². The first-order valence-corrected chi connectivity index (χ1v) is 8.82. The van der Waals surface area contributed by atoms with E-state index in [0.29, 0.717) is 13.1 Å². The van der Waals surface area contributed by atoms with Crippen molar-refractivity contribution in [1.82, 2.24) is 19.7 Å². The summed E-state index contributed by atoms with van der Waals surface area (Å²) in [6, 6.07) is 2.01. The number of carbonyl (C=O) groups excluding carboxylic acids is 1. The molecule has 2 aliphatic rings. The smallest absolute Gasteiger partial charge is 0.246 e. The third-order valence-corrected chi connectivity index (χ3v) is 4.87. The number of rotatable bonds is 3. The van der Waals surface area contributed by atoms with Crippen LogP contribution in [-0.4, -0.2) is 58.4 Å². The van der Waals surface area contributed by atoms with Crippen LogP contribution in [0.25, 0.3) is 0 Å². The molecular weight excluding hydrogens is 318 g/mol. The molecule has 1 amide bonds. The molecule has 0 bridgehead atoms. The first-order valence-electron chi connectivity index (χ1n) is 8.82. The van der Waals surface area contributed by atoms with Crippen molar-refractivity contribution in [2.24, 2.45) is 7.05 Å². The van der Waals surface area contributed by atoms with Gasteiger partial charge in [-0.2, -0.15) is 5.10 Å². The summed E-state index contributed by atoms with van der Waals surface area (Å²) in [4.78, 5) is 27.5. The number of piperidine rings is 1. The van der Waals surface area contributed by atoms with Crippen LogP contribution in [0.15, 0.2) is 24.8 Å². The van der Waals surface area contributed by atoms with Gasteiger partial charge in [-0.15, -0.1) is 0 Å². The maximum Gasteiger partial charge on any atom is 0.246 e. The average molecular weight is 341 g/mol. The van der Waals surface area contributed by atoms with Crippen LogP contribution in [0.5, 0.6) is 0 Å². The number of amides is 1. The van der Waals surface area contributed by atoms with Gasteiger partial charge < -0.3 is 14.7 Å². The number of piperazine rings is 1. The van der Waals surface area contributed by atoms with E-state index in [-0.39, 0.29) is 5.91 Å². The zero-order chi connectivity index (χ0) is 17.2. The van der Waals surface area contributed by atoms with Crippen molar-refractivity contribution in [3.8, 4) is 0 Å². The minimum atomic E-state index is 0.0670. The molecule has 2 saturated heterocycles. The SMILES string of the molecule is Cn1cc(N2CCN(c3cc(N4CCCCC4)ncn3)CC2=O)cn1. The van der Waals surface area contributed by atoms with E-state index in [9.17, 15) is 4.79 Å². The fraction of sp³-hybridized carbons (Fsp3) is 0.529. The predicted molar refractivity (Wildman–Crippen MR) is 95.9 cm³/mol. The van der Waals surface area contributed by atoms with Crippen LogP contribution < -0.4 is 14.7 Å². The van der Waals surface area contributed by atoms with Gasteiger partial charge in [0.2, 0.25) is 5.91 Å². The van der Waals surface area contributed by atoms with Crippen LogP contribution in [0.4, 0.5) is 17.3 Å². The number of aryl methyl sites for hydroxylation is 1. The molecule has 132 valence electrons. The Morgan fingerprint density at radius 2 is 1.72 bits per heavy atom. The Kier molecular flexibility index (Phi) is 4.25. The molecule has 0 aliphatic carbocycles. The molecule has 4 heterocycles. The number of anilines is 3. The van der Waals surface area contributed by atoms with Crippen LogP contribution >= 0.6 is 0 Å².